The van der Waals surface area contributed by atoms with E-state index in [9.17, 15) is 9.59 Å². The minimum Gasteiger partial charge on any atom is -0.459 e. The van der Waals surface area contributed by atoms with Crippen molar-refractivity contribution in [1.82, 2.24) is 10.2 Å². The maximum atomic E-state index is 13.2. The molecule has 2 aliphatic rings. The Balaban J connectivity index is 1.75. The second kappa shape index (κ2) is 8.44. The maximum absolute atomic E-state index is 13.2. The van der Waals surface area contributed by atoms with Crippen molar-refractivity contribution in [3.63, 3.8) is 0 Å². The first-order valence-corrected chi connectivity index (χ1v) is 10.8. The summed E-state index contributed by atoms with van der Waals surface area (Å²) in [6, 6.07) is 18.8. The lowest BCUT2D eigenvalue weighted by molar-refractivity contribution is -0.175. The smallest absolute Gasteiger partial charge is 0.326 e. The van der Waals surface area contributed by atoms with Crippen LogP contribution in [-0.2, 0) is 31.9 Å². The van der Waals surface area contributed by atoms with Crippen molar-refractivity contribution in [3.8, 4) is 0 Å². The van der Waals surface area contributed by atoms with E-state index in [4.69, 9.17) is 9.47 Å². The van der Waals surface area contributed by atoms with Crippen LogP contribution in [-0.4, -0.2) is 53.3 Å². The number of benzene rings is 2. The van der Waals surface area contributed by atoms with E-state index in [0.717, 1.165) is 11.1 Å². The van der Waals surface area contributed by atoms with Crippen LogP contribution in [0.4, 0.5) is 0 Å². The number of hydrogen-bond donors (Lipinski definition) is 1. The quantitative estimate of drug-likeness (QED) is 0.748. The number of fused-ring (bicyclic) bond motifs is 1. The zero-order valence-corrected chi connectivity index (χ0v) is 18.3. The van der Waals surface area contributed by atoms with Gasteiger partial charge in [-0.1, -0.05) is 60.7 Å². The highest BCUT2D eigenvalue weighted by molar-refractivity contribution is 5.83. The summed E-state index contributed by atoms with van der Waals surface area (Å²) >= 11 is 0. The molecule has 0 aliphatic carbocycles. The third-order valence-electron chi connectivity index (χ3n) is 5.71. The molecule has 2 aromatic carbocycles. The SMILES string of the molecule is CC(C)(C)OC(=O)C1CNCC2C(=O)OC(Cc3ccccc3)(Cc3ccccc3)N12. The van der Waals surface area contributed by atoms with Crippen molar-refractivity contribution < 1.29 is 19.1 Å². The number of nitrogens with zero attached hydrogens (tertiary/aromatic N) is 1. The zero-order valence-electron chi connectivity index (χ0n) is 18.3. The lowest BCUT2D eigenvalue weighted by atomic mass is 9.91. The van der Waals surface area contributed by atoms with Crippen molar-refractivity contribution in [3.05, 3.63) is 71.8 Å². The zero-order chi connectivity index (χ0) is 22.1. The van der Waals surface area contributed by atoms with Gasteiger partial charge >= 0.3 is 11.9 Å². The van der Waals surface area contributed by atoms with E-state index in [2.05, 4.69) is 5.32 Å². The maximum Gasteiger partial charge on any atom is 0.326 e. The number of esters is 2. The van der Waals surface area contributed by atoms with Gasteiger partial charge in [-0.2, -0.15) is 0 Å². The van der Waals surface area contributed by atoms with Gasteiger partial charge in [-0.25, -0.2) is 4.90 Å². The molecule has 6 heteroatoms. The summed E-state index contributed by atoms with van der Waals surface area (Å²) in [4.78, 5) is 28.2. The fourth-order valence-corrected chi connectivity index (χ4v) is 4.56. The normalized spacial score (nSPS) is 23.1. The number of hydrogen-bond acceptors (Lipinski definition) is 6. The minimum atomic E-state index is -0.964. The first-order chi connectivity index (χ1) is 14.8. The fourth-order valence-electron chi connectivity index (χ4n) is 4.56. The number of ether oxygens (including phenoxy) is 2. The molecule has 164 valence electrons. The number of rotatable bonds is 5. The van der Waals surface area contributed by atoms with Gasteiger partial charge in [-0.05, 0) is 31.9 Å². The van der Waals surface area contributed by atoms with Gasteiger partial charge in [-0.3, -0.25) is 9.59 Å². The molecule has 2 fully saturated rings. The predicted octanol–water partition coefficient (Wildman–Crippen LogP) is 2.71. The highest BCUT2D eigenvalue weighted by atomic mass is 16.6. The average Bonchev–Trinajstić information content (AvgIpc) is 3.00. The summed E-state index contributed by atoms with van der Waals surface area (Å²) in [6.07, 6.45) is 0.981. The molecule has 6 nitrogen and oxygen atoms in total. The third kappa shape index (κ3) is 4.65. The Morgan fingerprint density at radius 3 is 2.10 bits per heavy atom. The second-order valence-corrected chi connectivity index (χ2v) is 9.32. The number of cyclic esters (lactones) is 1. The molecule has 2 heterocycles. The molecule has 2 atom stereocenters. The summed E-state index contributed by atoms with van der Waals surface area (Å²) in [5.41, 5.74) is 0.520. The monoisotopic (exact) mass is 422 g/mol. The Bertz CT molecular complexity index is 882. The van der Waals surface area contributed by atoms with E-state index >= 15 is 0 Å². The van der Waals surface area contributed by atoms with Gasteiger partial charge in [0.25, 0.3) is 0 Å². The van der Waals surface area contributed by atoms with Crippen LogP contribution in [0.25, 0.3) is 0 Å². The molecule has 2 aromatic rings. The summed E-state index contributed by atoms with van der Waals surface area (Å²) in [7, 11) is 0. The number of piperazine rings is 1. The Kier molecular flexibility index (Phi) is 5.86. The average molecular weight is 423 g/mol. The molecule has 1 N–H and O–H groups in total. The van der Waals surface area contributed by atoms with E-state index in [0.29, 0.717) is 25.9 Å². The van der Waals surface area contributed by atoms with Crippen LogP contribution >= 0.6 is 0 Å². The first kappa shape index (κ1) is 21.5. The van der Waals surface area contributed by atoms with Gasteiger partial charge < -0.3 is 14.8 Å². The molecular weight excluding hydrogens is 392 g/mol. The van der Waals surface area contributed by atoms with Crippen LogP contribution < -0.4 is 5.32 Å². The Morgan fingerprint density at radius 1 is 1.03 bits per heavy atom. The first-order valence-electron chi connectivity index (χ1n) is 10.8. The molecule has 0 spiro atoms. The highest BCUT2D eigenvalue weighted by Crippen LogP contribution is 2.39. The molecule has 4 rings (SSSR count). The van der Waals surface area contributed by atoms with E-state index in [1.54, 1.807) is 0 Å². The van der Waals surface area contributed by atoms with Crippen molar-refractivity contribution >= 4 is 11.9 Å². The molecule has 2 saturated heterocycles. The van der Waals surface area contributed by atoms with Crippen LogP contribution in [0.1, 0.15) is 31.9 Å². The summed E-state index contributed by atoms with van der Waals surface area (Å²) in [6.45, 7) is 6.42. The van der Waals surface area contributed by atoms with Crippen molar-refractivity contribution in [1.29, 1.82) is 0 Å². The molecule has 0 aromatic heterocycles. The largest absolute Gasteiger partial charge is 0.459 e. The summed E-state index contributed by atoms with van der Waals surface area (Å²) in [5, 5.41) is 3.23. The van der Waals surface area contributed by atoms with Crippen LogP contribution in [0.2, 0.25) is 0 Å². The lowest BCUT2D eigenvalue weighted by Gasteiger charge is -2.44. The summed E-state index contributed by atoms with van der Waals surface area (Å²) < 4.78 is 11.9. The van der Waals surface area contributed by atoms with Crippen LogP contribution in [0.15, 0.2) is 60.7 Å². The van der Waals surface area contributed by atoms with Gasteiger partial charge in [0, 0.05) is 25.9 Å². The van der Waals surface area contributed by atoms with Gasteiger partial charge in [0.2, 0.25) is 0 Å². The van der Waals surface area contributed by atoms with E-state index in [1.165, 1.54) is 0 Å². The van der Waals surface area contributed by atoms with Crippen molar-refractivity contribution in [2.75, 3.05) is 13.1 Å². The van der Waals surface area contributed by atoms with Gasteiger partial charge in [-0.15, -0.1) is 0 Å². The second-order valence-electron chi connectivity index (χ2n) is 9.32. The molecule has 2 unspecified atom stereocenters. The minimum absolute atomic E-state index is 0.298. The fraction of sp³-hybridized carbons (Fsp3) is 0.440. The Hall–Kier alpha value is -2.70. The Morgan fingerprint density at radius 2 is 1.58 bits per heavy atom. The van der Waals surface area contributed by atoms with Crippen LogP contribution in [0.3, 0.4) is 0 Å². The molecule has 31 heavy (non-hydrogen) atoms. The van der Waals surface area contributed by atoms with Crippen molar-refractivity contribution in [2.45, 2.75) is 57.0 Å². The standard InChI is InChI=1S/C25H30N2O4/c1-24(2,3)30-22(28)20-16-26-17-21-23(29)31-25(27(20)21,14-18-10-6-4-7-11-18)15-19-12-8-5-9-13-19/h4-13,20-21,26H,14-17H2,1-3H3. The van der Waals surface area contributed by atoms with E-state index < -0.39 is 23.4 Å². The number of carbonyl (C=O) groups is 2. The summed E-state index contributed by atoms with van der Waals surface area (Å²) in [5.74, 6) is -0.638. The van der Waals surface area contributed by atoms with Gasteiger partial charge in [0.1, 0.15) is 17.7 Å². The van der Waals surface area contributed by atoms with Gasteiger partial charge in [0.05, 0.1) is 0 Å². The predicted molar refractivity (Wildman–Crippen MR) is 117 cm³/mol. The van der Waals surface area contributed by atoms with Crippen LogP contribution in [0.5, 0.6) is 0 Å². The van der Waals surface area contributed by atoms with E-state index in [1.807, 2.05) is 86.3 Å². The molecule has 0 amide bonds. The van der Waals surface area contributed by atoms with Crippen LogP contribution in [0, 0.1) is 0 Å². The molecule has 0 bridgehead atoms. The molecular formula is C25H30N2O4. The topological polar surface area (TPSA) is 67.9 Å². The molecule has 0 saturated carbocycles. The molecule has 2 aliphatic heterocycles. The van der Waals surface area contributed by atoms with E-state index in [-0.39, 0.29) is 11.9 Å². The number of carbonyl (C=O) groups excluding carboxylic acids is 2. The highest BCUT2D eigenvalue weighted by Gasteiger charge is 2.59. The van der Waals surface area contributed by atoms with Crippen molar-refractivity contribution in [2.24, 2.45) is 0 Å². The Labute approximate surface area is 183 Å². The number of nitrogens with one attached hydrogen (secondary N) is 1. The molecule has 0 radical (unpaired) electrons. The third-order valence-corrected chi connectivity index (χ3v) is 5.71. The lowest BCUT2D eigenvalue weighted by Crippen LogP contribution is -2.66. The van der Waals surface area contributed by atoms with Gasteiger partial charge in [0.15, 0.2) is 5.72 Å².